The number of aryl methyl sites for hydroxylation is 2. The summed E-state index contributed by atoms with van der Waals surface area (Å²) in [6.45, 7) is 3.98. The van der Waals surface area contributed by atoms with Crippen molar-refractivity contribution in [2.45, 2.75) is 13.8 Å². The highest BCUT2D eigenvalue weighted by Gasteiger charge is 2.14. The van der Waals surface area contributed by atoms with Crippen molar-refractivity contribution in [2.75, 3.05) is 5.32 Å². The highest BCUT2D eigenvalue weighted by atomic mass is 16.1. The maximum absolute atomic E-state index is 12.3. The van der Waals surface area contributed by atoms with Gasteiger partial charge in [-0.25, -0.2) is 0 Å². The lowest BCUT2D eigenvalue weighted by Gasteiger charge is -2.07. The molecule has 0 aliphatic rings. The van der Waals surface area contributed by atoms with Gasteiger partial charge in [0.05, 0.1) is 10.9 Å². The molecule has 20 heavy (non-hydrogen) atoms. The van der Waals surface area contributed by atoms with Crippen LogP contribution in [0.2, 0.25) is 0 Å². The van der Waals surface area contributed by atoms with Crippen LogP contribution in [-0.4, -0.2) is 21.1 Å². The van der Waals surface area contributed by atoms with Crippen LogP contribution < -0.4 is 5.32 Å². The van der Waals surface area contributed by atoms with Crippen LogP contribution in [0, 0.1) is 13.8 Å². The number of nitrogens with one attached hydrogen (secondary N) is 2. The molecule has 0 radical (unpaired) electrons. The molecule has 0 saturated carbocycles. The molecular weight excluding hydrogens is 252 g/mol. The second-order valence-electron chi connectivity index (χ2n) is 4.77. The number of nitrogens with zero attached hydrogens (tertiary/aromatic N) is 2. The van der Waals surface area contributed by atoms with Gasteiger partial charge in [0, 0.05) is 18.1 Å². The third-order valence-corrected chi connectivity index (χ3v) is 3.21. The number of aromatic nitrogens is 3. The van der Waals surface area contributed by atoms with Crippen LogP contribution in [-0.2, 0) is 0 Å². The van der Waals surface area contributed by atoms with Crippen LogP contribution in [0.15, 0.2) is 36.7 Å². The van der Waals surface area contributed by atoms with Gasteiger partial charge >= 0.3 is 0 Å². The Morgan fingerprint density at radius 1 is 1.25 bits per heavy atom. The summed E-state index contributed by atoms with van der Waals surface area (Å²) < 4.78 is 0. The molecule has 2 aromatic heterocycles. The minimum atomic E-state index is -0.240. The summed E-state index contributed by atoms with van der Waals surface area (Å²) in [5.41, 5.74) is 4.13. The van der Waals surface area contributed by atoms with Gasteiger partial charge in [0.25, 0.3) is 5.91 Å². The average molecular weight is 266 g/mol. The minimum absolute atomic E-state index is 0.240. The first kappa shape index (κ1) is 12.3. The zero-order valence-electron chi connectivity index (χ0n) is 11.3. The van der Waals surface area contributed by atoms with Gasteiger partial charge in [-0.1, -0.05) is 17.7 Å². The summed E-state index contributed by atoms with van der Waals surface area (Å²) in [6.07, 6.45) is 3.29. The topological polar surface area (TPSA) is 70.7 Å². The summed E-state index contributed by atoms with van der Waals surface area (Å²) in [4.78, 5) is 16.3. The summed E-state index contributed by atoms with van der Waals surface area (Å²) in [5.74, 6) is -0.240. The van der Waals surface area contributed by atoms with E-state index in [0.717, 1.165) is 27.7 Å². The van der Waals surface area contributed by atoms with Gasteiger partial charge in [0.1, 0.15) is 0 Å². The van der Waals surface area contributed by atoms with Gasteiger partial charge in [-0.05, 0) is 31.5 Å². The van der Waals surface area contributed by atoms with Crippen molar-refractivity contribution in [2.24, 2.45) is 0 Å². The van der Waals surface area contributed by atoms with Crippen LogP contribution in [0.3, 0.4) is 0 Å². The predicted molar refractivity (Wildman–Crippen MR) is 77.8 cm³/mol. The molecule has 5 nitrogen and oxygen atoms in total. The largest absolute Gasteiger partial charge is 0.320 e. The van der Waals surface area contributed by atoms with Crippen molar-refractivity contribution in [1.82, 2.24) is 15.2 Å². The lowest BCUT2D eigenvalue weighted by molar-refractivity contribution is 0.102. The minimum Gasteiger partial charge on any atom is -0.320 e. The van der Waals surface area contributed by atoms with Crippen LogP contribution in [0.25, 0.3) is 10.9 Å². The van der Waals surface area contributed by atoms with Crippen LogP contribution in [0.1, 0.15) is 21.6 Å². The number of rotatable bonds is 2. The van der Waals surface area contributed by atoms with E-state index < -0.39 is 0 Å². The van der Waals surface area contributed by atoms with Crippen molar-refractivity contribution in [3.05, 3.63) is 53.5 Å². The summed E-state index contributed by atoms with van der Waals surface area (Å²) in [5, 5.41) is 10.5. The number of fused-ring (bicyclic) bond motifs is 1. The Kier molecular flexibility index (Phi) is 2.95. The molecule has 5 heteroatoms. The Morgan fingerprint density at radius 2 is 2.10 bits per heavy atom. The smallest absolute Gasteiger partial charge is 0.276 e. The highest BCUT2D eigenvalue weighted by Crippen LogP contribution is 2.19. The molecular formula is C15H14N4O. The Morgan fingerprint density at radius 3 is 2.90 bits per heavy atom. The van der Waals surface area contributed by atoms with Gasteiger partial charge in [-0.3, -0.25) is 14.9 Å². The first-order valence-electron chi connectivity index (χ1n) is 6.32. The average Bonchev–Trinajstić information content (AvgIpc) is 2.86. The van der Waals surface area contributed by atoms with E-state index in [1.807, 2.05) is 32.0 Å². The van der Waals surface area contributed by atoms with E-state index >= 15 is 0 Å². The van der Waals surface area contributed by atoms with Gasteiger partial charge in [0.15, 0.2) is 5.69 Å². The molecule has 3 aromatic rings. The Hall–Kier alpha value is -2.69. The molecule has 0 atom stereocenters. The lowest BCUT2D eigenvalue weighted by Crippen LogP contribution is -2.13. The molecule has 0 aliphatic heterocycles. The number of pyridine rings is 1. The van der Waals surface area contributed by atoms with Crippen LogP contribution >= 0.6 is 0 Å². The van der Waals surface area contributed by atoms with E-state index in [-0.39, 0.29) is 5.91 Å². The molecule has 3 rings (SSSR count). The normalized spacial score (nSPS) is 10.7. The second kappa shape index (κ2) is 4.77. The molecule has 2 N–H and O–H groups in total. The number of carbonyl (C=O) groups is 1. The van der Waals surface area contributed by atoms with E-state index in [2.05, 4.69) is 20.5 Å². The van der Waals surface area contributed by atoms with Crippen molar-refractivity contribution in [1.29, 1.82) is 0 Å². The second-order valence-corrected chi connectivity index (χ2v) is 4.77. The SMILES string of the molecule is Cc1ccc(NC(=O)c2n[nH]c3ccncc23)c(C)c1. The highest BCUT2D eigenvalue weighted by molar-refractivity contribution is 6.11. The molecule has 0 saturated heterocycles. The maximum Gasteiger partial charge on any atom is 0.276 e. The number of hydrogen-bond acceptors (Lipinski definition) is 3. The Bertz CT molecular complexity index is 791. The molecule has 0 fully saturated rings. The molecule has 2 heterocycles. The summed E-state index contributed by atoms with van der Waals surface area (Å²) in [7, 11) is 0. The van der Waals surface area contributed by atoms with Crippen molar-refractivity contribution < 1.29 is 4.79 Å². The van der Waals surface area contributed by atoms with Crippen LogP contribution in [0.5, 0.6) is 0 Å². The molecule has 1 amide bonds. The molecule has 100 valence electrons. The maximum atomic E-state index is 12.3. The van der Waals surface area contributed by atoms with Gasteiger partial charge in [0.2, 0.25) is 0 Å². The Balaban J connectivity index is 1.93. The number of amides is 1. The first-order chi connectivity index (χ1) is 9.65. The number of hydrogen-bond donors (Lipinski definition) is 2. The quantitative estimate of drug-likeness (QED) is 0.749. The third kappa shape index (κ3) is 2.14. The number of carbonyl (C=O) groups excluding carboxylic acids is 1. The monoisotopic (exact) mass is 266 g/mol. The number of H-pyrrole nitrogens is 1. The van der Waals surface area contributed by atoms with E-state index in [4.69, 9.17) is 0 Å². The van der Waals surface area contributed by atoms with Crippen LogP contribution in [0.4, 0.5) is 5.69 Å². The van der Waals surface area contributed by atoms with Crippen molar-refractivity contribution in [3.8, 4) is 0 Å². The van der Waals surface area contributed by atoms with Gasteiger partial charge < -0.3 is 5.32 Å². The Labute approximate surface area is 116 Å². The molecule has 0 spiro atoms. The van der Waals surface area contributed by atoms with E-state index in [0.29, 0.717) is 5.69 Å². The number of benzene rings is 1. The molecule has 0 aliphatic carbocycles. The standard InChI is InChI=1S/C15H14N4O/c1-9-3-4-12(10(2)7-9)17-15(20)14-11-8-16-6-5-13(11)18-19-14/h3-8H,1-2H3,(H,17,20)(H,18,19). The lowest BCUT2D eigenvalue weighted by atomic mass is 10.1. The third-order valence-electron chi connectivity index (χ3n) is 3.21. The van der Waals surface area contributed by atoms with Crippen molar-refractivity contribution >= 4 is 22.5 Å². The molecule has 0 bridgehead atoms. The number of anilines is 1. The first-order valence-corrected chi connectivity index (χ1v) is 6.32. The van der Waals surface area contributed by atoms with Gasteiger partial charge in [-0.15, -0.1) is 0 Å². The fourth-order valence-corrected chi connectivity index (χ4v) is 2.17. The molecule has 0 unspecified atom stereocenters. The zero-order chi connectivity index (χ0) is 14.1. The number of aromatic amines is 1. The zero-order valence-corrected chi connectivity index (χ0v) is 11.3. The van der Waals surface area contributed by atoms with E-state index in [1.165, 1.54) is 0 Å². The van der Waals surface area contributed by atoms with Gasteiger partial charge in [-0.2, -0.15) is 5.10 Å². The summed E-state index contributed by atoms with van der Waals surface area (Å²) >= 11 is 0. The predicted octanol–water partition coefficient (Wildman–Crippen LogP) is 2.83. The van der Waals surface area contributed by atoms with E-state index in [1.54, 1.807) is 18.5 Å². The van der Waals surface area contributed by atoms with Crippen molar-refractivity contribution in [3.63, 3.8) is 0 Å². The fraction of sp³-hybridized carbons (Fsp3) is 0.133. The fourth-order valence-electron chi connectivity index (χ4n) is 2.17. The van der Waals surface area contributed by atoms with E-state index in [9.17, 15) is 4.79 Å². The summed E-state index contributed by atoms with van der Waals surface area (Å²) in [6, 6.07) is 7.68. The molecule has 1 aromatic carbocycles.